The summed E-state index contributed by atoms with van der Waals surface area (Å²) in [6.07, 6.45) is 0.150. The summed E-state index contributed by atoms with van der Waals surface area (Å²) >= 11 is 0. The summed E-state index contributed by atoms with van der Waals surface area (Å²) in [5.41, 5.74) is 2.38. The van der Waals surface area contributed by atoms with Gasteiger partial charge in [-0.15, -0.1) is 0 Å². The quantitative estimate of drug-likeness (QED) is 0.709. The molecule has 0 radical (unpaired) electrons. The lowest BCUT2D eigenvalue weighted by Gasteiger charge is -2.10. The van der Waals surface area contributed by atoms with Crippen LogP contribution >= 0.6 is 0 Å². The molecule has 1 aromatic carbocycles. The molecule has 0 aliphatic heterocycles. The van der Waals surface area contributed by atoms with Crippen LogP contribution in [-0.2, 0) is 16.1 Å². The van der Waals surface area contributed by atoms with Gasteiger partial charge in [0, 0.05) is 14.2 Å². The van der Waals surface area contributed by atoms with Crippen LogP contribution in [0.4, 0.5) is 0 Å². The van der Waals surface area contributed by atoms with Crippen LogP contribution in [0.5, 0.6) is 0 Å². The van der Waals surface area contributed by atoms with Gasteiger partial charge in [-0.3, -0.25) is 0 Å². The fourth-order valence-electron chi connectivity index (χ4n) is 1.24. The van der Waals surface area contributed by atoms with Crippen molar-refractivity contribution in [2.75, 3.05) is 14.2 Å². The van der Waals surface area contributed by atoms with Crippen LogP contribution in [0.25, 0.3) is 0 Å². The molecular weight excluding hydrogens is 164 g/mol. The van der Waals surface area contributed by atoms with Crippen molar-refractivity contribution in [2.24, 2.45) is 0 Å². The van der Waals surface area contributed by atoms with E-state index in [1.807, 2.05) is 13.0 Å². The van der Waals surface area contributed by atoms with Gasteiger partial charge in [0.1, 0.15) is 0 Å². The van der Waals surface area contributed by atoms with Crippen molar-refractivity contribution in [2.45, 2.75) is 19.6 Å². The van der Waals surface area contributed by atoms with Crippen molar-refractivity contribution in [3.63, 3.8) is 0 Å². The fraction of sp³-hybridized carbons (Fsp3) is 0.455. The summed E-state index contributed by atoms with van der Waals surface area (Å²) in [4.78, 5) is 0. The number of rotatable bonds is 4. The standard InChI is InChI=1S/C11H16O2/c1-9(13-3)11-6-4-5-10(7-11)8-12-2/h4-7,9H,8H2,1-3H3. The second kappa shape index (κ2) is 5.00. The molecule has 0 saturated carbocycles. The highest BCUT2D eigenvalue weighted by atomic mass is 16.5. The van der Waals surface area contributed by atoms with Crippen molar-refractivity contribution in [1.29, 1.82) is 0 Å². The summed E-state index contributed by atoms with van der Waals surface area (Å²) < 4.78 is 10.3. The lowest BCUT2D eigenvalue weighted by Crippen LogP contribution is -1.97. The molecule has 0 heterocycles. The van der Waals surface area contributed by atoms with Gasteiger partial charge in [0.25, 0.3) is 0 Å². The molecule has 2 nitrogen and oxygen atoms in total. The average Bonchev–Trinajstić information content (AvgIpc) is 2.18. The highest BCUT2D eigenvalue weighted by Crippen LogP contribution is 2.17. The first kappa shape index (κ1) is 10.2. The summed E-state index contributed by atoms with van der Waals surface area (Å²) in [5, 5.41) is 0. The zero-order chi connectivity index (χ0) is 9.68. The van der Waals surface area contributed by atoms with Gasteiger partial charge in [-0.25, -0.2) is 0 Å². The molecule has 0 aliphatic rings. The van der Waals surface area contributed by atoms with Gasteiger partial charge in [-0.05, 0) is 18.1 Å². The molecule has 0 bridgehead atoms. The normalized spacial score (nSPS) is 12.8. The van der Waals surface area contributed by atoms with Gasteiger partial charge in [0.2, 0.25) is 0 Å². The second-order valence-corrected chi connectivity index (χ2v) is 3.06. The van der Waals surface area contributed by atoms with E-state index in [9.17, 15) is 0 Å². The second-order valence-electron chi connectivity index (χ2n) is 3.06. The predicted octanol–water partition coefficient (Wildman–Crippen LogP) is 2.54. The Hall–Kier alpha value is -0.860. The highest BCUT2D eigenvalue weighted by Gasteiger charge is 2.03. The molecular formula is C11H16O2. The molecule has 0 fully saturated rings. The summed E-state index contributed by atoms with van der Waals surface area (Å²) in [7, 11) is 3.42. The van der Waals surface area contributed by atoms with E-state index < -0.39 is 0 Å². The monoisotopic (exact) mass is 180 g/mol. The molecule has 0 amide bonds. The molecule has 0 aliphatic carbocycles. The SMILES string of the molecule is COCc1cccc(C(C)OC)c1. The lowest BCUT2D eigenvalue weighted by molar-refractivity contribution is 0.119. The molecule has 1 aromatic rings. The minimum atomic E-state index is 0.150. The van der Waals surface area contributed by atoms with Crippen LogP contribution in [0.3, 0.4) is 0 Å². The third-order valence-electron chi connectivity index (χ3n) is 2.09. The zero-order valence-electron chi connectivity index (χ0n) is 8.41. The molecule has 0 aromatic heterocycles. The van der Waals surface area contributed by atoms with E-state index >= 15 is 0 Å². The van der Waals surface area contributed by atoms with Gasteiger partial charge in [0.15, 0.2) is 0 Å². The zero-order valence-corrected chi connectivity index (χ0v) is 8.41. The topological polar surface area (TPSA) is 18.5 Å². The van der Waals surface area contributed by atoms with Crippen LogP contribution in [0, 0.1) is 0 Å². The third-order valence-corrected chi connectivity index (χ3v) is 2.09. The molecule has 1 unspecified atom stereocenters. The van der Waals surface area contributed by atoms with Crippen LogP contribution < -0.4 is 0 Å². The Morgan fingerprint density at radius 1 is 1.31 bits per heavy atom. The van der Waals surface area contributed by atoms with Crippen molar-refractivity contribution in [3.05, 3.63) is 35.4 Å². The number of methoxy groups -OCH3 is 2. The predicted molar refractivity (Wildman–Crippen MR) is 52.6 cm³/mol. The molecule has 2 heteroatoms. The van der Waals surface area contributed by atoms with E-state index in [0.717, 1.165) is 0 Å². The van der Waals surface area contributed by atoms with Gasteiger partial charge < -0.3 is 9.47 Å². The van der Waals surface area contributed by atoms with E-state index in [1.54, 1.807) is 14.2 Å². The third kappa shape index (κ3) is 2.83. The molecule has 0 saturated heterocycles. The fourth-order valence-corrected chi connectivity index (χ4v) is 1.24. The maximum atomic E-state index is 5.23. The Balaban J connectivity index is 2.78. The first-order valence-corrected chi connectivity index (χ1v) is 4.38. The van der Waals surface area contributed by atoms with Crippen molar-refractivity contribution >= 4 is 0 Å². The van der Waals surface area contributed by atoms with Crippen LogP contribution in [0.2, 0.25) is 0 Å². The molecule has 0 N–H and O–H groups in total. The van der Waals surface area contributed by atoms with E-state index in [4.69, 9.17) is 9.47 Å². The maximum Gasteiger partial charge on any atom is 0.0793 e. The minimum absolute atomic E-state index is 0.150. The first-order valence-electron chi connectivity index (χ1n) is 4.38. The van der Waals surface area contributed by atoms with E-state index in [-0.39, 0.29) is 6.10 Å². The largest absolute Gasteiger partial charge is 0.380 e. The Morgan fingerprint density at radius 2 is 2.08 bits per heavy atom. The van der Waals surface area contributed by atoms with Crippen molar-refractivity contribution < 1.29 is 9.47 Å². The Bertz CT molecular complexity index is 258. The van der Waals surface area contributed by atoms with Crippen molar-refractivity contribution in [3.8, 4) is 0 Å². The number of benzene rings is 1. The van der Waals surface area contributed by atoms with Crippen molar-refractivity contribution in [1.82, 2.24) is 0 Å². The van der Waals surface area contributed by atoms with Gasteiger partial charge in [-0.1, -0.05) is 24.3 Å². The van der Waals surface area contributed by atoms with Crippen LogP contribution in [0.1, 0.15) is 24.2 Å². The summed E-state index contributed by atoms with van der Waals surface area (Å²) in [6.45, 7) is 2.69. The van der Waals surface area contributed by atoms with E-state index in [2.05, 4.69) is 18.2 Å². The molecule has 1 atom stereocenters. The molecule has 13 heavy (non-hydrogen) atoms. The molecule has 72 valence electrons. The minimum Gasteiger partial charge on any atom is -0.380 e. The number of hydrogen-bond donors (Lipinski definition) is 0. The van der Waals surface area contributed by atoms with Crippen LogP contribution in [-0.4, -0.2) is 14.2 Å². The van der Waals surface area contributed by atoms with Gasteiger partial charge >= 0.3 is 0 Å². The lowest BCUT2D eigenvalue weighted by atomic mass is 10.1. The Kier molecular flexibility index (Phi) is 3.93. The maximum absolute atomic E-state index is 5.23. The first-order chi connectivity index (χ1) is 6.27. The smallest absolute Gasteiger partial charge is 0.0793 e. The Labute approximate surface area is 79.5 Å². The summed E-state index contributed by atoms with van der Waals surface area (Å²) in [5.74, 6) is 0. The van der Waals surface area contributed by atoms with Crippen LogP contribution in [0.15, 0.2) is 24.3 Å². The number of ether oxygens (including phenoxy) is 2. The molecule has 0 spiro atoms. The Morgan fingerprint density at radius 3 is 2.69 bits per heavy atom. The van der Waals surface area contributed by atoms with E-state index in [1.165, 1.54) is 11.1 Å². The average molecular weight is 180 g/mol. The molecule has 1 rings (SSSR count). The summed E-state index contributed by atoms with van der Waals surface area (Å²) in [6, 6.07) is 8.25. The van der Waals surface area contributed by atoms with E-state index in [0.29, 0.717) is 6.61 Å². The van der Waals surface area contributed by atoms with Gasteiger partial charge in [-0.2, -0.15) is 0 Å². The number of hydrogen-bond acceptors (Lipinski definition) is 2. The highest BCUT2D eigenvalue weighted by molar-refractivity contribution is 5.24. The van der Waals surface area contributed by atoms with Gasteiger partial charge in [0.05, 0.1) is 12.7 Å².